The van der Waals surface area contributed by atoms with Crippen molar-refractivity contribution in [3.05, 3.63) is 20.2 Å². The summed E-state index contributed by atoms with van der Waals surface area (Å²) >= 11 is 0. The van der Waals surface area contributed by atoms with Gasteiger partial charge in [0.1, 0.15) is 43.7 Å². The Kier molecular flexibility index (Phi) is 47.7. The molecule has 0 saturated carbocycles. The van der Waals surface area contributed by atoms with Gasteiger partial charge in [-0.05, 0) is 12.8 Å². The van der Waals surface area contributed by atoms with Crippen LogP contribution in [0.5, 0.6) is 0 Å². The van der Waals surface area contributed by atoms with Gasteiger partial charge in [0.05, 0.1) is 0 Å². The molecule has 0 amide bonds. The number of Topliss-reactive ketones (excluding diaryl/α,β-unsaturated/α-hetero) is 1. The smallest absolute Gasteiger partial charge is 0.746 e. The van der Waals surface area contributed by atoms with Crippen molar-refractivity contribution in [2.45, 2.75) is 81.2 Å². The normalized spacial score (nSPS) is 11.8. The molecule has 240 valence electrons. The van der Waals surface area contributed by atoms with E-state index in [4.69, 9.17) is 25.1 Å². The molecule has 2 atom stereocenters. The van der Waals surface area contributed by atoms with Crippen LogP contribution in [0.2, 0.25) is 0 Å². The molecule has 26 heteroatoms. The van der Waals surface area contributed by atoms with Gasteiger partial charge in [0, 0.05) is 55.3 Å². The van der Waals surface area contributed by atoms with Crippen molar-refractivity contribution < 1.29 is 169 Å². The molecule has 0 aromatic rings. The zero-order valence-corrected chi connectivity index (χ0v) is 32.0. The summed E-state index contributed by atoms with van der Waals surface area (Å²) in [7, 11) is -9.98. The van der Waals surface area contributed by atoms with E-state index in [1.54, 1.807) is 0 Å². The predicted octanol–water partition coefficient (Wildman–Crippen LogP) is -12.3. The number of aldehydes is 3. The first-order valence-electron chi connectivity index (χ1n) is 10.8. The van der Waals surface area contributed by atoms with Crippen molar-refractivity contribution in [1.29, 1.82) is 0 Å². The molecule has 2 unspecified atom stereocenters. The van der Waals surface area contributed by atoms with Gasteiger partial charge in [0.15, 0.2) is 12.1 Å². The fourth-order valence-electron chi connectivity index (χ4n) is 2.19. The number of aliphatic hydroxyl groups is 2. The Balaban J connectivity index is -0.0000000972. The molecule has 0 aromatic heterocycles. The van der Waals surface area contributed by atoms with Crippen LogP contribution in [0, 0.1) is 20.2 Å². The molecule has 0 aliphatic heterocycles. The maximum atomic E-state index is 10.6. The number of hydrogen-bond donors (Lipinski definition) is 2. The number of hydrogen-bond acceptors (Lipinski definition) is 19. The number of nitrogens with zero attached hydrogens (tertiary/aromatic N) is 2. The van der Waals surface area contributed by atoms with Crippen LogP contribution in [0.25, 0.3) is 0 Å². The van der Waals surface area contributed by atoms with Gasteiger partial charge in [0.25, 0.3) is 6.47 Å². The largest absolute Gasteiger partial charge is 1.00 e. The fraction of sp³-hybridized carbons (Fsp3) is 0.722. The van der Waals surface area contributed by atoms with E-state index in [1.807, 2.05) is 0 Å². The van der Waals surface area contributed by atoms with Crippen LogP contribution in [0.1, 0.15) is 58.3 Å². The van der Waals surface area contributed by atoms with E-state index in [2.05, 4.69) is 4.89 Å². The fourth-order valence-corrected chi connectivity index (χ4v) is 3.04. The Morgan fingerprint density at radius 2 is 0.977 bits per heavy atom. The Morgan fingerprint density at radius 3 is 1.14 bits per heavy atom. The van der Waals surface area contributed by atoms with Gasteiger partial charge in [-0.3, -0.25) is 34.6 Å². The second kappa shape index (κ2) is 35.5. The van der Waals surface area contributed by atoms with E-state index >= 15 is 0 Å². The average molecular weight is 711 g/mol. The van der Waals surface area contributed by atoms with Crippen LogP contribution in [0.15, 0.2) is 0 Å². The predicted molar refractivity (Wildman–Crippen MR) is 126 cm³/mol. The van der Waals surface area contributed by atoms with Crippen LogP contribution in [0.3, 0.4) is 0 Å². The van der Waals surface area contributed by atoms with Crippen molar-refractivity contribution >= 4 is 51.4 Å². The van der Waals surface area contributed by atoms with Gasteiger partial charge in [-0.15, -0.1) is 0 Å². The minimum atomic E-state index is -4.99. The zero-order valence-electron chi connectivity index (χ0n) is 24.3. The second-order valence-corrected chi connectivity index (χ2v) is 10.4. The molecule has 0 rings (SSSR count). The van der Waals surface area contributed by atoms with Gasteiger partial charge >= 0.3 is 88.7 Å². The zero-order chi connectivity index (χ0) is 33.2. The number of ketones is 1. The summed E-state index contributed by atoms with van der Waals surface area (Å²) in [5.74, 6) is -0.426. The minimum Gasteiger partial charge on any atom is -0.746 e. The van der Waals surface area contributed by atoms with E-state index in [0.717, 1.165) is 0 Å². The Bertz CT molecular complexity index is 977. The molecule has 44 heavy (non-hydrogen) atoms. The number of carbonyl (C=O) groups is 5. The van der Waals surface area contributed by atoms with Gasteiger partial charge in [-0.2, -0.15) is 0 Å². The molecular weight excluding hydrogens is 681 g/mol. The van der Waals surface area contributed by atoms with Crippen LogP contribution < -0.4 is 93.9 Å². The topological polar surface area (TPSA) is 359 Å². The first-order chi connectivity index (χ1) is 18.8. The van der Waals surface area contributed by atoms with Gasteiger partial charge in [-0.1, -0.05) is 0 Å². The van der Waals surface area contributed by atoms with E-state index in [-0.39, 0.29) is 127 Å². The molecular formula is C18H29N2Na3O19S2. The summed E-state index contributed by atoms with van der Waals surface area (Å²) in [5.41, 5.74) is -4.61. The van der Waals surface area contributed by atoms with Crippen LogP contribution in [-0.2, 0) is 49.1 Å². The third kappa shape index (κ3) is 41.7. The minimum absolute atomic E-state index is 0. The monoisotopic (exact) mass is 710 g/mol. The Morgan fingerprint density at radius 1 is 0.727 bits per heavy atom. The third-order valence-corrected chi connectivity index (χ3v) is 6.00. The third-order valence-electron chi connectivity index (χ3n) is 4.20. The maximum absolute atomic E-state index is 10.6. The Hall–Kier alpha value is -0.350. The summed E-state index contributed by atoms with van der Waals surface area (Å²) in [6, 6.07) is -2.25. The van der Waals surface area contributed by atoms with E-state index in [9.17, 15) is 60.6 Å². The van der Waals surface area contributed by atoms with Crippen LogP contribution >= 0.6 is 0 Å². The first kappa shape index (κ1) is 59.1. The SMILES string of the molecule is CC(=O)C=O.O=CCCC(CCC=O)[N+](=O)[O-].O=CO[O-].O=[N+]([O-])C(CCC(O)S(=O)(=O)[O-])CCC(O)S(=O)(=O)[O-].[Na+].[Na+].[Na+]. The maximum Gasteiger partial charge on any atom is 1.00 e. The van der Waals surface area contributed by atoms with Crippen LogP contribution in [0.4, 0.5) is 0 Å². The first-order valence-corrected chi connectivity index (χ1v) is 13.8. The number of carbonyl (C=O) groups excluding carboxylic acids is 5. The van der Waals surface area contributed by atoms with Gasteiger partial charge in [-0.25, -0.2) is 16.8 Å². The van der Waals surface area contributed by atoms with Gasteiger partial charge < -0.3 is 39.1 Å². The average Bonchev–Trinajstić information content (AvgIpc) is 2.87. The molecule has 2 N–H and O–H groups in total. The van der Waals surface area contributed by atoms with Crippen LogP contribution in [-0.4, -0.2) is 100 Å². The molecule has 21 nitrogen and oxygen atoms in total. The summed E-state index contributed by atoms with van der Waals surface area (Å²) in [5, 5.41) is 47.1. The molecule has 0 fully saturated rings. The Labute approximate surface area is 318 Å². The second-order valence-electron chi connectivity index (χ2n) is 7.34. The van der Waals surface area contributed by atoms with Crippen molar-refractivity contribution in [2.75, 3.05) is 0 Å². The summed E-state index contributed by atoms with van der Waals surface area (Å²) in [6.07, 6.45) is -0.0730. The number of nitro groups is 2. The van der Waals surface area contributed by atoms with E-state index in [1.165, 1.54) is 6.92 Å². The van der Waals surface area contributed by atoms with Crippen molar-refractivity contribution in [2.24, 2.45) is 0 Å². The van der Waals surface area contributed by atoms with E-state index < -0.39 is 84.5 Å². The molecule has 0 aliphatic carbocycles. The molecule has 0 saturated heterocycles. The van der Waals surface area contributed by atoms with Gasteiger partial charge in [0.2, 0.25) is 12.1 Å². The number of aliphatic hydroxyl groups excluding tert-OH is 2. The molecule has 0 aromatic carbocycles. The molecule has 0 spiro atoms. The molecule has 0 heterocycles. The van der Waals surface area contributed by atoms with Crippen molar-refractivity contribution in [3.63, 3.8) is 0 Å². The van der Waals surface area contributed by atoms with Crippen molar-refractivity contribution in [3.8, 4) is 0 Å². The summed E-state index contributed by atoms with van der Waals surface area (Å²) < 4.78 is 62.3. The number of rotatable bonds is 18. The standard InChI is InChI=1S/C7H15NO10S2.C7H11NO4.C3H4O2.CH2O3.3Na/c9-6(19(13,14)15)3-1-5(8(11)12)2-4-7(10)20(16,17)18;9-5-1-3-7(8(11)12)4-2-6-10;1-3(5)2-4;2-1-4-3;;;/h5-7,9-10H,1-4H2,(H,13,14,15)(H,16,17,18);5-7H,1-4H2;2H,1H3;1,3H;;;/q;;;;3*+1/p-3. The summed E-state index contributed by atoms with van der Waals surface area (Å²) in [6.45, 7) is 1.03. The molecule has 0 bridgehead atoms. The molecule has 0 aliphatic rings. The summed E-state index contributed by atoms with van der Waals surface area (Å²) in [4.78, 5) is 69.3. The molecule has 0 radical (unpaired) electrons. The van der Waals surface area contributed by atoms with Crippen molar-refractivity contribution in [1.82, 2.24) is 0 Å². The quantitative estimate of drug-likeness (QED) is 0.0253. The van der Waals surface area contributed by atoms with E-state index in [0.29, 0.717) is 12.6 Å².